The minimum absolute atomic E-state index is 0.0858. The molecule has 4 nitrogen and oxygen atoms in total. The van der Waals surface area contributed by atoms with E-state index in [0.717, 1.165) is 21.9 Å². The molecule has 1 amide bonds. The molecule has 2 aromatic carbocycles. The molecule has 1 unspecified atom stereocenters. The molecule has 0 aliphatic carbocycles. The van der Waals surface area contributed by atoms with Gasteiger partial charge in [-0.2, -0.15) is 0 Å². The lowest BCUT2D eigenvalue weighted by atomic mass is 10.1. The zero-order chi connectivity index (χ0) is 18.4. The highest BCUT2D eigenvalue weighted by Crippen LogP contribution is 2.36. The van der Waals surface area contributed by atoms with E-state index in [9.17, 15) is 4.79 Å². The van der Waals surface area contributed by atoms with Gasteiger partial charge in [0.15, 0.2) is 0 Å². The zero-order valence-corrected chi connectivity index (χ0v) is 16.4. The van der Waals surface area contributed by atoms with E-state index >= 15 is 0 Å². The summed E-state index contributed by atoms with van der Waals surface area (Å²) in [7, 11) is 0. The van der Waals surface area contributed by atoms with Crippen LogP contribution in [0.4, 0.5) is 5.13 Å². The van der Waals surface area contributed by atoms with Crippen molar-refractivity contribution in [2.45, 2.75) is 30.4 Å². The van der Waals surface area contributed by atoms with E-state index in [1.807, 2.05) is 60.7 Å². The first kappa shape index (κ1) is 18.6. The topological polar surface area (TPSA) is 54.9 Å². The third kappa shape index (κ3) is 5.16. The lowest BCUT2D eigenvalue weighted by Gasteiger charge is -2.16. The minimum atomic E-state index is -0.351. The van der Waals surface area contributed by atoms with Crippen LogP contribution in [0, 0.1) is 5.92 Å². The van der Waals surface area contributed by atoms with Crippen LogP contribution in [-0.2, 0) is 11.2 Å². The van der Waals surface area contributed by atoms with Crippen LogP contribution in [0.5, 0.6) is 0 Å². The first-order valence-corrected chi connectivity index (χ1v) is 10.2. The minimum Gasteiger partial charge on any atom is -0.299 e. The number of carbonyl (C=O) groups excluding carboxylic acids is 1. The largest absolute Gasteiger partial charge is 0.299 e. The van der Waals surface area contributed by atoms with Gasteiger partial charge >= 0.3 is 0 Å². The standard InChI is InChI=1S/C20H21N3OS2/c1-14(2)13-17-22-23-20(26-17)21-19(24)18(15-9-5-3-6-10-15)25-16-11-7-4-8-12-16/h3-12,14,18H,13H2,1-2H3,(H,21,23,24). The molecular formula is C20H21N3OS2. The molecule has 1 atom stereocenters. The van der Waals surface area contributed by atoms with Gasteiger partial charge in [0.2, 0.25) is 11.0 Å². The molecule has 0 aliphatic heterocycles. The van der Waals surface area contributed by atoms with Crippen molar-refractivity contribution >= 4 is 34.1 Å². The van der Waals surface area contributed by atoms with E-state index in [2.05, 4.69) is 29.4 Å². The summed E-state index contributed by atoms with van der Waals surface area (Å²) >= 11 is 2.98. The van der Waals surface area contributed by atoms with E-state index < -0.39 is 0 Å². The number of amides is 1. The van der Waals surface area contributed by atoms with E-state index in [-0.39, 0.29) is 11.2 Å². The Labute approximate surface area is 162 Å². The summed E-state index contributed by atoms with van der Waals surface area (Å²) in [6.45, 7) is 4.28. The fourth-order valence-electron chi connectivity index (χ4n) is 2.44. The molecular weight excluding hydrogens is 362 g/mol. The van der Waals surface area contributed by atoms with Gasteiger partial charge in [-0.25, -0.2) is 0 Å². The predicted molar refractivity (Wildman–Crippen MR) is 109 cm³/mol. The van der Waals surface area contributed by atoms with E-state index in [1.165, 1.54) is 23.1 Å². The Morgan fingerprint density at radius 2 is 1.69 bits per heavy atom. The van der Waals surface area contributed by atoms with Gasteiger partial charge in [-0.3, -0.25) is 10.1 Å². The normalized spacial score (nSPS) is 12.1. The van der Waals surface area contributed by atoms with Crippen molar-refractivity contribution in [3.05, 3.63) is 71.2 Å². The van der Waals surface area contributed by atoms with Gasteiger partial charge in [0, 0.05) is 11.3 Å². The Morgan fingerprint density at radius 1 is 1.04 bits per heavy atom. The predicted octanol–water partition coefficient (Wildman–Crippen LogP) is 5.21. The lowest BCUT2D eigenvalue weighted by molar-refractivity contribution is -0.115. The van der Waals surface area contributed by atoms with Crippen LogP contribution in [0.25, 0.3) is 0 Å². The van der Waals surface area contributed by atoms with Crippen LogP contribution in [0.3, 0.4) is 0 Å². The Hall–Kier alpha value is -2.18. The summed E-state index contributed by atoms with van der Waals surface area (Å²) < 4.78 is 0. The van der Waals surface area contributed by atoms with Crippen molar-refractivity contribution in [3.63, 3.8) is 0 Å². The molecule has 26 heavy (non-hydrogen) atoms. The van der Waals surface area contributed by atoms with Gasteiger partial charge in [0.1, 0.15) is 10.3 Å². The SMILES string of the molecule is CC(C)Cc1nnc(NC(=O)C(Sc2ccccc2)c2ccccc2)s1. The van der Waals surface area contributed by atoms with Crippen molar-refractivity contribution in [3.8, 4) is 0 Å². The molecule has 0 saturated carbocycles. The Morgan fingerprint density at radius 3 is 2.35 bits per heavy atom. The fourth-order valence-corrected chi connectivity index (χ4v) is 4.44. The monoisotopic (exact) mass is 383 g/mol. The molecule has 0 radical (unpaired) electrons. The maximum atomic E-state index is 13.0. The first-order valence-electron chi connectivity index (χ1n) is 8.51. The second kappa shape index (κ2) is 8.96. The molecule has 0 spiro atoms. The summed E-state index contributed by atoms with van der Waals surface area (Å²) in [4.78, 5) is 14.0. The van der Waals surface area contributed by atoms with Crippen molar-refractivity contribution in [2.24, 2.45) is 5.92 Å². The van der Waals surface area contributed by atoms with Crippen LogP contribution < -0.4 is 5.32 Å². The maximum absolute atomic E-state index is 13.0. The third-order valence-corrected chi connectivity index (χ3v) is 5.74. The number of nitrogens with one attached hydrogen (secondary N) is 1. The van der Waals surface area contributed by atoms with Crippen LogP contribution in [0.2, 0.25) is 0 Å². The van der Waals surface area contributed by atoms with Gasteiger partial charge in [-0.05, 0) is 23.6 Å². The number of rotatable bonds is 7. The zero-order valence-electron chi connectivity index (χ0n) is 14.8. The number of anilines is 1. The Bertz CT molecular complexity index is 835. The van der Waals surface area contributed by atoms with Gasteiger partial charge in [0.25, 0.3) is 0 Å². The van der Waals surface area contributed by atoms with E-state index in [4.69, 9.17) is 0 Å². The van der Waals surface area contributed by atoms with Crippen LogP contribution in [-0.4, -0.2) is 16.1 Å². The number of hydrogen-bond acceptors (Lipinski definition) is 5. The number of benzene rings is 2. The molecule has 1 N–H and O–H groups in total. The van der Waals surface area contributed by atoms with Gasteiger partial charge in [-0.15, -0.1) is 22.0 Å². The summed E-state index contributed by atoms with van der Waals surface area (Å²) in [5.74, 6) is 0.425. The Kier molecular flexibility index (Phi) is 6.41. The molecule has 0 saturated heterocycles. The summed E-state index contributed by atoms with van der Waals surface area (Å²) in [5, 5.41) is 12.4. The highest BCUT2D eigenvalue weighted by molar-refractivity contribution is 8.00. The average molecular weight is 384 g/mol. The first-order chi connectivity index (χ1) is 12.6. The molecule has 0 bridgehead atoms. The molecule has 6 heteroatoms. The lowest BCUT2D eigenvalue weighted by Crippen LogP contribution is -2.18. The molecule has 0 aliphatic rings. The second-order valence-electron chi connectivity index (χ2n) is 6.31. The van der Waals surface area contributed by atoms with Crippen LogP contribution in [0.1, 0.15) is 29.7 Å². The Balaban J connectivity index is 1.77. The molecule has 0 fully saturated rings. The number of carbonyl (C=O) groups is 1. The van der Waals surface area contributed by atoms with Crippen molar-refractivity contribution < 1.29 is 4.79 Å². The quantitative estimate of drug-likeness (QED) is 0.569. The molecule has 3 aromatic rings. The molecule has 1 heterocycles. The number of nitrogens with zero attached hydrogens (tertiary/aromatic N) is 2. The van der Waals surface area contributed by atoms with Crippen LogP contribution in [0.15, 0.2) is 65.6 Å². The molecule has 3 rings (SSSR count). The van der Waals surface area contributed by atoms with E-state index in [0.29, 0.717) is 11.0 Å². The number of aromatic nitrogens is 2. The van der Waals surface area contributed by atoms with E-state index in [1.54, 1.807) is 0 Å². The van der Waals surface area contributed by atoms with Crippen LogP contribution >= 0.6 is 23.1 Å². The van der Waals surface area contributed by atoms with Crippen molar-refractivity contribution in [1.29, 1.82) is 0 Å². The number of thioether (sulfide) groups is 1. The smallest absolute Gasteiger partial charge is 0.244 e. The molecule has 1 aromatic heterocycles. The van der Waals surface area contributed by atoms with Gasteiger partial charge < -0.3 is 0 Å². The summed E-state index contributed by atoms with van der Waals surface area (Å²) in [6, 6.07) is 19.8. The van der Waals surface area contributed by atoms with Gasteiger partial charge in [0.05, 0.1) is 0 Å². The maximum Gasteiger partial charge on any atom is 0.244 e. The average Bonchev–Trinajstić information content (AvgIpc) is 3.07. The second-order valence-corrected chi connectivity index (χ2v) is 8.55. The molecule has 134 valence electrons. The highest BCUT2D eigenvalue weighted by Gasteiger charge is 2.23. The van der Waals surface area contributed by atoms with Gasteiger partial charge in [-0.1, -0.05) is 73.7 Å². The van der Waals surface area contributed by atoms with Crippen molar-refractivity contribution in [1.82, 2.24) is 10.2 Å². The fraction of sp³-hybridized carbons (Fsp3) is 0.250. The number of hydrogen-bond donors (Lipinski definition) is 1. The highest BCUT2D eigenvalue weighted by atomic mass is 32.2. The third-order valence-electron chi connectivity index (χ3n) is 3.62. The summed E-state index contributed by atoms with van der Waals surface area (Å²) in [5.41, 5.74) is 0.964. The summed E-state index contributed by atoms with van der Waals surface area (Å²) in [6.07, 6.45) is 0.869. The van der Waals surface area contributed by atoms with Crippen molar-refractivity contribution in [2.75, 3.05) is 5.32 Å².